The second-order valence-corrected chi connectivity index (χ2v) is 12.2. The molecule has 6 rings (SSSR count). The summed E-state index contributed by atoms with van der Waals surface area (Å²) in [6, 6.07) is 16.0. The van der Waals surface area contributed by atoms with Crippen molar-refractivity contribution in [2.75, 3.05) is 11.9 Å². The Labute approximate surface area is 241 Å². The summed E-state index contributed by atoms with van der Waals surface area (Å²) in [5.41, 5.74) is -0.530. The number of para-hydroxylation sites is 1. The normalized spacial score (nSPS) is 28.7. The van der Waals surface area contributed by atoms with Crippen LogP contribution in [0.25, 0.3) is 0 Å². The van der Waals surface area contributed by atoms with Gasteiger partial charge in [-0.25, -0.2) is 0 Å². The molecule has 1 aliphatic carbocycles. The van der Waals surface area contributed by atoms with Crippen molar-refractivity contribution in [2.24, 2.45) is 17.8 Å². The van der Waals surface area contributed by atoms with Crippen LogP contribution in [0, 0.1) is 17.8 Å². The molecule has 2 aromatic carbocycles. The molecule has 2 saturated heterocycles. The molecular formula is C33H39N3O5. The van der Waals surface area contributed by atoms with Crippen molar-refractivity contribution >= 4 is 23.4 Å². The third-order valence-electron chi connectivity index (χ3n) is 8.92. The van der Waals surface area contributed by atoms with Gasteiger partial charge >= 0.3 is 0 Å². The maximum Gasteiger partial charge on any atom is 0.246 e. The number of amides is 3. The standard InChI is InChI=1S/C33H39N3O5/c1-21(2)18-20-36-29(31(38)35-22-9-5-3-6-10-22)33-19-17-26(41-33)27(28(33)32(36)39)30(37)34-23-13-15-25(16-14-23)40-24-11-7-4-8-12-24/h4,7-8,11-17,19,21-22,26-29H,3,5-6,9-10,18,20H2,1-2H3,(H,34,37)(H,35,38)/t26-,27-,28-,29+,33+/m1/s1. The first kappa shape index (κ1) is 27.5. The highest BCUT2D eigenvalue weighted by Crippen LogP contribution is 2.55. The minimum atomic E-state index is -1.13. The molecule has 2 bridgehead atoms. The van der Waals surface area contributed by atoms with E-state index in [0.29, 0.717) is 23.9 Å². The Morgan fingerprint density at radius 2 is 1.71 bits per heavy atom. The number of hydrogen-bond acceptors (Lipinski definition) is 5. The van der Waals surface area contributed by atoms with Gasteiger partial charge in [0.05, 0.1) is 17.9 Å². The first-order valence-electron chi connectivity index (χ1n) is 15.0. The molecular weight excluding hydrogens is 518 g/mol. The van der Waals surface area contributed by atoms with Gasteiger partial charge in [-0.2, -0.15) is 0 Å². The van der Waals surface area contributed by atoms with E-state index in [4.69, 9.17) is 9.47 Å². The van der Waals surface area contributed by atoms with Gasteiger partial charge in [-0.05, 0) is 61.6 Å². The van der Waals surface area contributed by atoms with E-state index in [0.717, 1.165) is 37.9 Å². The van der Waals surface area contributed by atoms with Crippen LogP contribution < -0.4 is 15.4 Å². The van der Waals surface area contributed by atoms with E-state index in [9.17, 15) is 14.4 Å². The highest BCUT2D eigenvalue weighted by Gasteiger charge is 2.72. The Balaban J connectivity index is 1.20. The molecule has 216 valence electrons. The topological polar surface area (TPSA) is 97.0 Å². The molecule has 8 nitrogen and oxygen atoms in total. The lowest BCUT2D eigenvalue weighted by molar-refractivity contribution is -0.141. The minimum absolute atomic E-state index is 0.115. The molecule has 8 heteroatoms. The largest absolute Gasteiger partial charge is 0.457 e. The van der Waals surface area contributed by atoms with Crippen molar-refractivity contribution in [2.45, 2.75) is 76.2 Å². The van der Waals surface area contributed by atoms with E-state index < -0.39 is 29.6 Å². The number of ether oxygens (including phenoxy) is 2. The van der Waals surface area contributed by atoms with E-state index in [1.807, 2.05) is 42.5 Å². The molecule has 2 N–H and O–H groups in total. The van der Waals surface area contributed by atoms with Crippen molar-refractivity contribution in [3.8, 4) is 11.5 Å². The highest BCUT2D eigenvalue weighted by atomic mass is 16.5. The zero-order valence-corrected chi connectivity index (χ0v) is 23.8. The fourth-order valence-electron chi connectivity index (χ4n) is 6.89. The number of fused-ring (bicyclic) bond motifs is 1. The van der Waals surface area contributed by atoms with Crippen LogP contribution in [0.4, 0.5) is 5.69 Å². The molecule has 1 spiro atoms. The minimum Gasteiger partial charge on any atom is -0.457 e. The molecule has 3 amide bonds. The summed E-state index contributed by atoms with van der Waals surface area (Å²) < 4.78 is 12.3. The Bertz CT molecular complexity index is 1300. The van der Waals surface area contributed by atoms with Gasteiger partial charge in [0.2, 0.25) is 17.7 Å². The van der Waals surface area contributed by atoms with Gasteiger partial charge in [0.25, 0.3) is 0 Å². The third kappa shape index (κ3) is 5.25. The Kier molecular flexibility index (Phi) is 7.60. The van der Waals surface area contributed by atoms with Crippen molar-refractivity contribution in [3.63, 3.8) is 0 Å². The number of benzene rings is 2. The number of likely N-dealkylation sites (tertiary alicyclic amines) is 1. The number of nitrogens with one attached hydrogen (secondary N) is 2. The summed E-state index contributed by atoms with van der Waals surface area (Å²) in [7, 11) is 0. The van der Waals surface area contributed by atoms with Crippen LogP contribution in [0.15, 0.2) is 66.7 Å². The molecule has 3 heterocycles. The van der Waals surface area contributed by atoms with Crippen LogP contribution in [-0.2, 0) is 19.1 Å². The zero-order chi connectivity index (χ0) is 28.6. The molecule has 41 heavy (non-hydrogen) atoms. The van der Waals surface area contributed by atoms with E-state index in [1.54, 1.807) is 29.2 Å². The first-order chi connectivity index (χ1) is 19.9. The number of carbonyl (C=O) groups excluding carboxylic acids is 3. The van der Waals surface area contributed by atoms with E-state index in [2.05, 4.69) is 24.5 Å². The van der Waals surface area contributed by atoms with Crippen LogP contribution in [0.1, 0.15) is 52.4 Å². The number of nitrogens with zero attached hydrogens (tertiary/aromatic N) is 1. The number of rotatable bonds is 9. The van der Waals surface area contributed by atoms with Crippen LogP contribution in [0.5, 0.6) is 11.5 Å². The Morgan fingerprint density at radius 3 is 2.41 bits per heavy atom. The summed E-state index contributed by atoms with van der Waals surface area (Å²) >= 11 is 0. The summed E-state index contributed by atoms with van der Waals surface area (Å²) in [5.74, 6) is -0.349. The van der Waals surface area contributed by atoms with E-state index in [-0.39, 0.29) is 23.8 Å². The molecule has 0 aromatic heterocycles. The van der Waals surface area contributed by atoms with Gasteiger partial charge in [-0.1, -0.05) is 63.5 Å². The molecule has 3 aliphatic heterocycles. The monoisotopic (exact) mass is 557 g/mol. The third-order valence-corrected chi connectivity index (χ3v) is 8.92. The second-order valence-electron chi connectivity index (χ2n) is 12.2. The smallest absolute Gasteiger partial charge is 0.246 e. The number of carbonyl (C=O) groups is 3. The fraction of sp³-hybridized carbons (Fsp3) is 0.485. The molecule has 2 aromatic rings. The molecule has 1 saturated carbocycles. The summed E-state index contributed by atoms with van der Waals surface area (Å²) in [5, 5.41) is 6.22. The molecule has 0 radical (unpaired) electrons. The maximum absolute atomic E-state index is 14.0. The van der Waals surface area contributed by atoms with Crippen molar-refractivity contribution < 1.29 is 23.9 Å². The lowest BCUT2D eigenvalue weighted by Crippen LogP contribution is -2.56. The van der Waals surface area contributed by atoms with Crippen molar-refractivity contribution in [1.82, 2.24) is 10.2 Å². The van der Waals surface area contributed by atoms with Crippen molar-refractivity contribution in [3.05, 3.63) is 66.7 Å². The van der Waals surface area contributed by atoms with E-state index in [1.165, 1.54) is 6.42 Å². The number of hydrogen-bond donors (Lipinski definition) is 2. The lowest BCUT2D eigenvalue weighted by Gasteiger charge is -2.34. The summed E-state index contributed by atoms with van der Waals surface area (Å²) in [6.07, 6.45) is 9.23. The van der Waals surface area contributed by atoms with Crippen LogP contribution in [-0.4, -0.2) is 53.0 Å². The maximum atomic E-state index is 14.0. The number of anilines is 1. The fourth-order valence-corrected chi connectivity index (χ4v) is 6.89. The Hall–Kier alpha value is -3.65. The predicted molar refractivity (Wildman–Crippen MR) is 155 cm³/mol. The average molecular weight is 558 g/mol. The first-order valence-corrected chi connectivity index (χ1v) is 15.0. The van der Waals surface area contributed by atoms with Gasteiger partial charge in [0, 0.05) is 18.3 Å². The van der Waals surface area contributed by atoms with Gasteiger partial charge in [-0.3, -0.25) is 14.4 Å². The lowest BCUT2D eigenvalue weighted by atomic mass is 9.74. The zero-order valence-electron chi connectivity index (χ0n) is 23.8. The predicted octanol–water partition coefficient (Wildman–Crippen LogP) is 5.06. The average Bonchev–Trinajstić information content (AvgIpc) is 3.61. The molecule has 0 unspecified atom stereocenters. The van der Waals surface area contributed by atoms with Gasteiger partial charge in [0.15, 0.2) is 0 Å². The Morgan fingerprint density at radius 1 is 1.00 bits per heavy atom. The van der Waals surface area contributed by atoms with E-state index >= 15 is 0 Å². The van der Waals surface area contributed by atoms with Crippen molar-refractivity contribution in [1.29, 1.82) is 0 Å². The summed E-state index contributed by atoms with van der Waals surface area (Å²) in [6.45, 7) is 4.66. The van der Waals surface area contributed by atoms with Gasteiger partial charge in [0.1, 0.15) is 23.1 Å². The van der Waals surface area contributed by atoms with Crippen LogP contribution in [0.3, 0.4) is 0 Å². The SMILES string of the molecule is CC(C)CCN1C(=O)[C@H]2[C@H](C(=O)Nc3ccc(Oc4ccccc4)cc3)[C@H]3C=C[C@@]2(O3)[C@@H]1C(=O)NC1CCCCC1. The van der Waals surface area contributed by atoms with Gasteiger partial charge < -0.3 is 25.0 Å². The van der Waals surface area contributed by atoms with Gasteiger partial charge in [-0.15, -0.1) is 0 Å². The second kappa shape index (κ2) is 11.3. The molecule has 3 fully saturated rings. The van der Waals surface area contributed by atoms with Crippen LogP contribution in [0.2, 0.25) is 0 Å². The molecule has 5 atom stereocenters. The quantitative estimate of drug-likeness (QED) is 0.420. The summed E-state index contributed by atoms with van der Waals surface area (Å²) in [4.78, 5) is 43.2. The molecule has 4 aliphatic rings. The van der Waals surface area contributed by atoms with Crippen LogP contribution >= 0.6 is 0 Å². The highest BCUT2D eigenvalue weighted by molar-refractivity contribution is 6.02.